The Hall–Kier alpha value is -2.64. The van der Waals surface area contributed by atoms with Crippen LogP contribution in [-0.2, 0) is 4.79 Å². The third-order valence-corrected chi connectivity index (χ3v) is 4.51. The van der Waals surface area contributed by atoms with Gasteiger partial charge in [-0.15, -0.1) is 0 Å². The lowest BCUT2D eigenvalue weighted by Crippen LogP contribution is -2.59. The number of Topliss-reactive ketones (excluding diaryl/α,β-unsaturated/α-hetero) is 1. The first kappa shape index (κ1) is 21.7. The number of benzene rings is 2. The summed E-state index contributed by atoms with van der Waals surface area (Å²) in [6, 6.07) is 15.1. The van der Waals surface area contributed by atoms with E-state index in [1.807, 2.05) is 42.5 Å². The lowest BCUT2D eigenvalue weighted by molar-refractivity contribution is -0.141. The van der Waals surface area contributed by atoms with Crippen LogP contribution in [-0.4, -0.2) is 41.5 Å². The molecule has 5 nitrogen and oxygen atoms in total. The Morgan fingerprint density at radius 1 is 1.04 bits per heavy atom. The number of carbonyl (C=O) groups is 2. The van der Waals surface area contributed by atoms with E-state index >= 15 is 0 Å². The molecule has 28 heavy (non-hydrogen) atoms. The normalized spacial score (nSPS) is 14.4. The molecule has 0 aliphatic carbocycles. The molecule has 1 amide bonds. The average molecular weight is 390 g/mol. The molecule has 0 saturated carbocycles. The summed E-state index contributed by atoms with van der Waals surface area (Å²) in [6.07, 6.45) is -3.13. The monoisotopic (exact) mass is 390 g/mol. The quantitative estimate of drug-likeness (QED) is 0.575. The Labute approximate surface area is 162 Å². The number of nitrogens with one attached hydrogen (secondary N) is 2. The van der Waals surface area contributed by atoms with E-state index in [2.05, 4.69) is 10.6 Å². The van der Waals surface area contributed by atoms with Crippen LogP contribution in [0.3, 0.4) is 0 Å². The Balaban J connectivity index is 1.98. The van der Waals surface area contributed by atoms with E-state index in [1.165, 1.54) is 6.92 Å². The molecule has 0 radical (unpaired) electrons. The van der Waals surface area contributed by atoms with Gasteiger partial charge in [0.1, 0.15) is 11.6 Å². The van der Waals surface area contributed by atoms with Gasteiger partial charge in [-0.05, 0) is 30.2 Å². The van der Waals surface area contributed by atoms with Gasteiger partial charge in [0.2, 0.25) is 0 Å². The summed E-state index contributed by atoms with van der Waals surface area (Å²) in [5.41, 5.74) is -0.168. The number of halogens is 2. The van der Waals surface area contributed by atoms with Gasteiger partial charge in [0.25, 0.3) is 12.3 Å². The highest BCUT2D eigenvalue weighted by Crippen LogP contribution is 2.21. The van der Waals surface area contributed by atoms with Crippen molar-refractivity contribution in [1.82, 2.24) is 10.6 Å². The topological polar surface area (TPSA) is 78.4 Å². The van der Waals surface area contributed by atoms with Crippen molar-refractivity contribution in [2.75, 3.05) is 6.67 Å². The van der Waals surface area contributed by atoms with Gasteiger partial charge in [-0.1, -0.05) is 49.4 Å². The van der Waals surface area contributed by atoms with Gasteiger partial charge in [0.15, 0.2) is 5.78 Å². The highest BCUT2D eigenvalue weighted by Gasteiger charge is 2.43. The average Bonchev–Trinajstić information content (AvgIpc) is 2.71. The van der Waals surface area contributed by atoms with E-state index in [0.29, 0.717) is 5.56 Å². The van der Waals surface area contributed by atoms with E-state index in [0.717, 1.165) is 18.1 Å². The Morgan fingerprint density at radius 2 is 1.61 bits per heavy atom. The van der Waals surface area contributed by atoms with Gasteiger partial charge in [-0.2, -0.15) is 0 Å². The van der Waals surface area contributed by atoms with Crippen LogP contribution < -0.4 is 10.6 Å². The first-order chi connectivity index (χ1) is 13.3. The largest absolute Gasteiger partial charge is 0.382 e. The van der Waals surface area contributed by atoms with Crippen LogP contribution in [0.25, 0.3) is 11.1 Å². The van der Waals surface area contributed by atoms with Crippen molar-refractivity contribution in [2.45, 2.75) is 38.3 Å². The number of rotatable bonds is 9. The molecule has 7 heteroatoms. The van der Waals surface area contributed by atoms with Gasteiger partial charge in [0.05, 0.1) is 6.67 Å². The van der Waals surface area contributed by atoms with Crippen molar-refractivity contribution in [2.24, 2.45) is 0 Å². The summed E-state index contributed by atoms with van der Waals surface area (Å²) in [6.45, 7) is 2.18. The molecule has 0 aliphatic heterocycles. The molecule has 150 valence electrons. The van der Waals surface area contributed by atoms with Crippen molar-refractivity contribution in [3.05, 3.63) is 60.2 Å². The molecule has 0 saturated heterocycles. The molecule has 0 spiro atoms. The maximum absolute atomic E-state index is 13.1. The summed E-state index contributed by atoms with van der Waals surface area (Å²) in [4.78, 5) is 24.2. The smallest absolute Gasteiger partial charge is 0.268 e. The Morgan fingerprint density at radius 3 is 2.14 bits per heavy atom. The maximum Gasteiger partial charge on any atom is 0.268 e. The number of amides is 1. The Kier molecular flexibility index (Phi) is 7.37. The minimum Gasteiger partial charge on any atom is -0.382 e. The molecule has 0 fully saturated rings. The lowest BCUT2D eigenvalue weighted by Gasteiger charge is -2.31. The molecule has 0 aliphatic rings. The minimum atomic E-state index is -3.11. The van der Waals surface area contributed by atoms with Gasteiger partial charge >= 0.3 is 0 Å². The SMILES string of the molecule is CCC(=O)[C@@H](NCNC(=O)c1ccc(-c2ccccc2)cc1)[C@](C)(O)C(F)F. The minimum absolute atomic E-state index is 0.0184. The maximum atomic E-state index is 13.1. The fourth-order valence-electron chi connectivity index (χ4n) is 2.76. The van der Waals surface area contributed by atoms with E-state index in [9.17, 15) is 23.5 Å². The highest BCUT2D eigenvalue weighted by molar-refractivity contribution is 5.94. The molecule has 2 aromatic rings. The molecule has 0 aromatic heterocycles. The van der Waals surface area contributed by atoms with Crippen LogP contribution in [0.1, 0.15) is 30.6 Å². The van der Waals surface area contributed by atoms with Crippen LogP contribution in [0.4, 0.5) is 8.78 Å². The van der Waals surface area contributed by atoms with Gasteiger partial charge in [0, 0.05) is 12.0 Å². The number of alkyl halides is 2. The third kappa shape index (κ3) is 5.21. The summed E-state index contributed by atoms with van der Waals surface area (Å²) in [7, 11) is 0. The standard InChI is InChI=1S/C21H24F2N2O3/c1-3-17(26)18(21(2,28)20(22)23)24-13-25-19(27)16-11-9-15(10-12-16)14-7-5-4-6-8-14/h4-12,18,20,24,28H,3,13H2,1-2H3,(H,25,27)/t18-,21+/m1/s1. The Bertz CT molecular complexity index is 793. The van der Waals surface area contributed by atoms with Crippen molar-refractivity contribution in [3.63, 3.8) is 0 Å². The first-order valence-electron chi connectivity index (χ1n) is 8.97. The van der Waals surface area contributed by atoms with Crippen molar-refractivity contribution >= 4 is 11.7 Å². The molecule has 0 unspecified atom stereocenters. The zero-order chi connectivity index (χ0) is 20.7. The second-order valence-electron chi connectivity index (χ2n) is 6.61. The zero-order valence-corrected chi connectivity index (χ0v) is 15.8. The van der Waals surface area contributed by atoms with E-state index in [-0.39, 0.29) is 13.1 Å². The molecule has 0 bridgehead atoms. The number of carbonyl (C=O) groups excluding carboxylic acids is 2. The molecule has 2 aromatic carbocycles. The predicted octanol–water partition coefficient (Wildman–Crippen LogP) is 2.99. The van der Waals surface area contributed by atoms with Gasteiger partial charge in [-0.25, -0.2) is 8.78 Å². The van der Waals surface area contributed by atoms with E-state index < -0.39 is 29.8 Å². The van der Waals surface area contributed by atoms with Crippen molar-refractivity contribution in [3.8, 4) is 11.1 Å². The van der Waals surface area contributed by atoms with Crippen LogP contribution >= 0.6 is 0 Å². The number of aliphatic hydroxyl groups is 1. The molecule has 3 N–H and O–H groups in total. The second kappa shape index (κ2) is 9.52. The van der Waals surface area contributed by atoms with E-state index in [1.54, 1.807) is 12.1 Å². The molecular weight excluding hydrogens is 366 g/mol. The van der Waals surface area contributed by atoms with Gasteiger partial charge < -0.3 is 10.4 Å². The summed E-state index contributed by atoms with van der Waals surface area (Å²) < 4.78 is 26.1. The fraction of sp³-hybridized carbons (Fsp3) is 0.333. The van der Waals surface area contributed by atoms with Crippen LogP contribution in [0.5, 0.6) is 0 Å². The number of hydrogen-bond donors (Lipinski definition) is 3. The first-order valence-corrected chi connectivity index (χ1v) is 8.97. The predicted molar refractivity (Wildman–Crippen MR) is 103 cm³/mol. The molecular formula is C21H24F2N2O3. The zero-order valence-electron chi connectivity index (χ0n) is 15.8. The molecule has 2 atom stereocenters. The molecule has 2 rings (SSSR count). The highest BCUT2D eigenvalue weighted by atomic mass is 19.3. The number of hydrogen-bond acceptors (Lipinski definition) is 4. The fourth-order valence-corrected chi connectivity index (χ4v) is 2.76. The van der Waals surface area contributed by atoms with Crippen molar-refractivity contribution < 1.29 is 23.5 Å². The van der Waals surface area contributed by atoms with Crippen LogP contribution in [0, 0.1) is 0 Å². The van der Waals surface area contributed by atoms with Crippen molar-refractivity contribution in [1.29, 1.82) is 0 Å². The van der Waals surface area contributed by atoms with Crippen LogP contribution in [0.15, 0.2) is 54.6 Å². The van der Waals surface area contributed by atoms with Gasteiger partial charge in [-0.3, -0.25) is 14.9 Å². The summed E-state index contributed by atoms with van der Waals surface area (Å²) in [5.74, 6) is -0.988. The third-order valence-electron chi connectivity index (χ3n) is 4.51. The molecule has 0 heterocycles. The second-order valence-corrected chi connectivity index (χ2v) is 6.61. The summed E-state index contributed by atoms with van der Waals surface area (Å²) >= 11 is 0. The lowest BCUT2D eigenvalue weighted by atomic mass is 9.92. The van der Waals surface area contributed by atoms with E-state index in [4.69, 9.17) is 0 Å². The van der Waals surface area contributed by atoms with Crippen LogP contribution in [0.2, 0.25) is 0 Å². The number of ketones is 1. The summed E-state index contributed by atoms with van der Waals surface area (Å²) in [5, 5.41) is 15.0.